The second-order valence-electron chi connectivity index (χ2n) is 12.3. The molecular weight excluding hydrogens is 541 g/mol. The summed E-state index contributed by atoms with van der Waals surface area (Å²) in [4.78, 5) is 24.9. The summed E-state index contributed by atoms with van der Waals surface area (Å²) in [5.74, 6) is 0.0596. The largest absolute Gasteiger partial charge is 0.416 e. The number of hydrogen-bond donors (Lipinski definition) is 0. The molecule has 1 amide bonds. The van der Waals surface area contributed by atoms with Crippen molar-refractivity contribution in [3.05, 3.63) is 77.0 Å². The molecular formula is C33H39F3N4O2. The van der Waals surface area contributed by atoms with Crippen LogP contribution in [0.5, 0.6) is 0 Å². The normalized spacial score (nSPS) is 25.1. The SMILES string of the molecule is CCO[C@@H]1Cc2cc(C(F)(F)F)ccc2C1N1CCN(C2(C)CCN(C(=O)c3ccnc4ccccc34)CC2)C[C@@H]1C. The molecule has 224 valence electrons. The zero-order valence-corrected chi connectivity index (χ0v) is 24.5. The number of piperazine rings is 1. The number of amides is 1. The fourth-order valence-corrected chi connectivity index (χ4v) is 7.37. The molecule has 2 saturated heterocycles. The molecule has 2 aliphatic heterocycles. The molecule has 2 aromatic carbocycles. The van der Waals surface area contributed by atoms with E-state index in [2.05, 4.69) is 28.6 Å². The first-order valence-corrected chi connectivity index (χ1v) is 15.0. The number of nitrogens with zero attached hydrogens (tertiary/aromatic N) is 4. The van der Waals surface area contributed by atoms with Crippen molar-refractivity contribution in [3.63, 3.8) is 0 Å². The lowest BCUT2D eigenvalue weighted by atomic mass is 9.86. The number of benzene rings is 2. The highest BCUT2D eigenvalue weighted by molar-refractivity contribution is 6.06. The number of hydrogen-bond acceptors (Lipinski definition) is 5. The standard InChI is InChI=1S/C33H39F3N4O2/c1-4-42-29-20-23-19-24(33(34,35)36)9-10-25(23)30(29)40-18-17-39(21-22(40)2)32(3)12-15-38(16-13-32)31(41)27-11-14-37-28-8-6-5-7-26(27)28/h5-11,14,19,22,29-30H,4,12-13,15-18,20-21H2,1-3H3/t22-,29+,30?/m0/s1. The van der Waals surface area contributed by atoms with Gasteiger partial charge in [-0.25, -0.2) is 0 Å². The fraction of sp³-hybridized carbons (Fsp3) is 0.515. The first-order chi connectivity index (χ1) is 20.1. The Bertz CT molecular complexity index is 1450. The smallest absolute Gasteiger partial charge is 0.376 e. The van der Waals surface area contributed by atoms with Crippen LogP contribution >= 0.6 is 0 Å². The molecule has 3 aliphatic rings. The molecule has 1 unspecified atom stereocenters. The highest BCUT2D eigenvalue weighted by Crippen LogP contribution is 2.43. The van der Waals surface area contributed by atoms with Gasteiger partial charge in [0.2, 0.25) is 0 Å². The van der Waals surface area contributed by atoms with Gasteiger partial charge in [0.15, 0.2) is 0 Å². The van der Waals surface area contributed by atoms with Crippen molar-refractivity contribution in [1.29, 1.82) is 0 Å². The lowest BCUT2D eigenvalue weighted by Gasteiger charge is -2.53. The van der Waals surface area contributed by atoms with Gasteiger partial charge in [-0.2, -0.15) is 13.2 Å². The van der Waals surface area contributed by atoms with E-state index in [0.717, 1.165) is 54.5 Å². The second-order valence-corrected chi connectivity index (χ2v) is 12.3. The summed E-state index contributed by atoms with van der Waals surface area (Å²) in [5.41, 5.74) is 2.62. The third-order valence-corrected chi connectivity index (χ3v) is 9.75. The minimum absolute atomic E-state index is 0.0219. The monoisotopic (exact) mass is 580 g/mol. The average Bonchev–Trinajstić information content (AvgIpc) is 3.33. The number of piperidine rings is 1. The molecule has 6 nitrogen and oxygen atoms in total. The molecule has 42 heavy (non-hydrogen) atoms. The number of ether oxygens (including phenoxy) is 1. The van der Waals surface area contributed by atoms with E-state index in [-0.39, 0.29) is 29.6 Å². The average molecular weight is 581 g/mol. The maximum absolute atomic E-state index is 13.5. The molecule has 1 aromatic heterocycles. The summed E-state index contributed by atoms with van der Waals surface area (Å²) in [6, 6.07) is 13.9. The molecule has 6 rings (SSSR count). The Morgan fingerprint density at radius 2 is 1.83 bits per heavy atom. The Balaban J connectivity index is 1.13. The van der Waals surface area contributed by atoms with Crippen molar-refractivity contribution in [2.45, 2.75) is 69.9 Å². The number of fused-ring (bicyclic) bond motifs is 2. The van der Waals surface area contributed by atoms with E-state index in [1.807, 2.05) is 42.2 Å². The number of para-hydroxylation sites is 1. The Morgan fingerprint density at radius 1 is 1.07 bits per heavy atom. The van der Waals surface area contributed by atoms with E-state index >= 15 is 0 Å². The van der Waals surface area contributed by atoms with Crippen molar-refractivity contribution < 1.29 is 22.7 Å². The molecule has 3 atom stereocenters. The van der Waals surface area contributed by atoms with Crippen molar-refractivity contribution in [3.8, 4) is 0 Å². The van der Waals surface area contributed by atoms with Crippen LogP contribution in [0.4, 0.5) is 13.2 Å². The van der Waals surface area contributed by atoms with E-state index in [1.54, 1.807) is 12.3 Å². The van der Waals surface area contributed by atoms with Crippen molar-refractivity contribution in [1.82, 2.24) is 19.7 Å². The third kappa shape index (κ3) is 5.31. The van der Waals surface area contributed by atoms with Gasteiger partial charge in [-0.1, -0.05) is 24.3 Å². The molecule has 0 N–H and O–H groups in total. The minimum atomic E-state index is -4.35. The Morgan fingerprint density at radius 3 is 2.55 bits per heavy atom. The van der Waals surface area contributed by atoms with Crippen LogP contribution < -0.4 is 0 Å². The Hall–Kier alpha value is -3.01. The number of aromatic nitrogens is 1. The summed E-state index contributed by atoms with van der Waals surface area (Å²) < 4.78 is 46.4. The van der Waals surface area contributed by atoms with E-state index in [4.69, 9.17) is 4.74 Å². The van der Waals surface area contributed by atoms with Crippen LogP contribution in [-0.2, 0) is 17.3 Å². The van der Waals surface area contributed by atoms with Crippen LogP contribution in [0.3, 0.4) is 0 Å². The number of pyridine rings is 1. The van der Waals surface area contributed by atoms with Crippen LogP contribution in [0.25, 0.3) is 10.9 Å². The van der Waals surface area contributed by atoms with Gasteiger partial charge in [-0.15, -0.1) is 0 Å². The van der Waals surface area contributed by atoms with Gasteiger partial charge in [0.25, 0.3) is 5.91 Å². The van der Waals surface area contributed by atoms with Crippen molar-refractivity contribution >= 4 is 16.8 Å². The summed E-state index contributed by atoms with van der Waals surface area (Å²) in [7, 11) is 0. The van der Waals surface area contributed by atoms with Crippen LogP contribution in [-0.4, -0.2) is 82.6 Å². The number of likely N-dealkylation sites (tertiary alicyclic amines) is 1. The van der Waals surface area contributed by atoms with E-state index in [1.165, 1.54) is 12.1 Å². The molecule has 0 spiro atoms. The van der Waals surface area contributed by atoms with Crippen LogP contribution in [0, 0.1) is 0 Å². The predicted octanol–water partition coefficient (Wildman–Crippen LogP) is 5.96. The quantitative estimate of drug-likeness (QED) is 0.373. The molecule has 3 heterocycles. The van der Waals surface area contributed by atoms with E-state index in [9.17, 15) is 18.0 Å². The number of carbonyl (C=O) groups excluding carboxylic acids is 1. The van der Waals surface area contributed by atoms with Gasteiger partial charge >= 0.3 is 6.18 Å². The summed E-state index contributed by atoms with van der Waals surface area (Å²) >= 11 is 0. The highest BCUT2D eigenvalue weighted by Gasteiger charge is 2.45. The first kappa shape index (κ1) is 29.1. The summed E-state index contributed by atoms with van der Waals surface area (Å²) in [6.45, 7) is 10.9. The molecule has 1 aliphatic carbocycles. The second kappa shape index (κ2) is 11.2. The zero-order chi connectivity index (χ0) is 29.6. The molecule has 2 fully saturated rings. The first-order valence-electron chi connectivity index (χ1n) is 15.0. The van der Waals surface area contributed by atoms with Gasteiger partial charge in [-0.05, 0) is 69.0 Å². The molecule has 3 aromatic rings. The maximum atomic E-state index is 13.5. The third-order valence-electron chi connectivity index (χ3n) is 9.75. The van der Waals surface area contributed by atoms with Crippen LogP contribution in [0.2, 0.25) is 0 Å². The van der Waals surface area contributed by atoms with Crippen LogP contribution in [0.15, 0.2) is 54.7 Å². The van der Waals surface area contributed by atoms with Gasteiger partial charge < -0.3 is 9.64 Å². The number of carbonyl (C=O) groups is 1. The lowest BCUT2D eigenvalue weighted by Crippen LogP contribution is -2.62. The summed E-state index contributed by atoms with van der Waals surface area (Å²) in [5, 5.41) is 0.886. The van der Waals surface area contributed by atoms with Crippen molar-refractivity contribution in [2.24, 2.45) is 0 Å². The van der Waals surface area contributed by atoms with E-state index in [0.29, 0.717) is 31.7 Å². The topological polar surface area (TPSA) is 48.9 Å². The zero-order valence-electron chi connectivity index (χ0n) is 24.5. The molecule has 9 heteroatoms. The van der Waals surface area contributed by atoms with E-state index < -0.39 is 11.7 Å². The van der Waals surface area contributed by atoms with Gasteiger partial charge in [-0.3, -0.25) is 19.6 Å². The molecule has 0 radical (unpaired) electrons. The van der Waals surface area contributed by atoms with Crippen LogP contribution in [0.1, 0.15) is 66.7 Å². The molecule has 0 saturated carbocycles. The number of rotatable bonds is 5. The molecule has 0 bridgehead atoms. The Labute approximate surface area is 245 Å². The highest BCUT2D eigenvalue weighted by atomic mass is 19.4. The number of alkyl halides is 3. The van der Waals surface area contributed by atoms with Gasteiger partial charge in [0.1, 0.15) is 0 Å². The Kier molecular flexibility index (Phi) is 7.79. The van der Waals surface area contributed by atoms with Crippen molar-refractivity contribution in [2.75, 3.05) is 39.3 Å². The minimum Gasteiger partial charge on any atom is -0.376 e. The fourth-order valence-electron chi connectivity index (χ4n) is 7.37. The number of halogens is 3. The van der Waals surface area contributed by atoms with Gasteiger partial charge in [0, 0.05) is 68.9 Å². The van der Waals surface area contributed by atoms with Gasteiger partial charge in [0.05, 0.1) is 28.8 Å². The lowest BCUT2D eigenvalue weighted by molar-refractivity contribution is -0.137. The predicted molar refractivity (Wildman–Crippen MR) is 156 cm³/mol. The summed E-state index contributed by atoms with van der Waals surface area (Å²) in [6.07, 6.45) is -0.519. The maximum Gasteiger partial charge on any atom is 0.416 e.